The zero-order valence-corrected chi connectivity index (χ0v) is 29.9. The first-order chi connectivity index (χ1) is 13.7. The van der Waals surface area contributed by atoms with Crippen molar-refractivity contribution in [2.45, 2.75) is 39.3 Å². The summed E-state index contributed by atoms with van der Waals surface area (Å²) in [5.74, 6) is 0. The second-order valence-electron chi connectivity index (χ2n) is 7.34. The van der Waals surface area contributed by atoms with Crippen molar-refractivity contribution in [3.8, 4) is 0 Å². The fraction of sp³-hybridized carbons (Fsp3) is 1.00. The maximum absolute atomic E-state index is 10.4. The lowest BCUT2D eigenvalue weighted by molar-refractivity contribution is 0.279. The first-order valence-electron chi connectivity index (χ1n) is 8.41. The molecule has 169 valence electrons. The molecule has 0 aliphatic heterocycles. The Balaban J connectivity index is 7.05. The molecule has 30 heavy (non-hydrogen) atoms. The van der Waals surface area contributed by atoms with Crippen molar-refractivity contribution in [3.63, 3.8) is 0 Å². The summed E-state index contributed by atoms with van der Waals surface area (Å²) in [5.41, 5.74) is 0. The minimum absolute atomic E-state index is 0.921. The highest BCUT2D eigenvalue weighted by atomic mass is 30.2. The highest BCUT2D eigenvalue weighted by Crippen LogP contribution is 2.33. The number of hydrogen-bond donors (Lipinski definition) is 5. The summed E-state index contributed by atoms with van der Waals surface area (Å²) in [6.07, 6.45) is 0. The normalized spacial score (nSPS) is 17.1. The van der Waals surface area contributed by atoms with Gasteiger partial charge in [-0.15, -0.1) is 0 Å². The maximum atomic E-state index is 10.4. The van der Waals surface area contributed by atoms with Gasteiger partial charge in [0.2, 0.25) is 47.6 Å². The van der Waals surface area contributed by atoms with Gasteiger partial charge in [-0.3, -0.25) is 0 Å². The lowest BCUT2D eigenvalue weighted by Crippen LogP contribution is -2.92. The van der Waals surface area contributed by atoms with Gasteiger partial charge in [0, 0.05) is 7.11 Å². The van der Waals surface area contributed by atoms with E-state index in [4.69, 9.17) is 25.0 Å². The van der Waals surface area contributed by atoms with E-state index in [1.165, 1.54) is 7.11 Å². The molecule has 5 N–H and O–H groups in total. The molecule has 2 atom stereocenters. The van der Waals surface area contributed by atoms with Crippen molar-refractivity contribution < 1.29 is 49.0 Å². The molecule has 0 aromatic heterocycles. The first-order valence-corrected chi connectivity index (χ1v) is 33.4. The van der Waals surface area contributed by atoms with E-state index in [0.717, 1.165) is 0 Å². The third-order valence-electron chi connectivity index (χ3n) is 3.64. The second kappa shape index (κ2) is 13.3. The van der Waals surface area contributed by atoms with Crippen molar-refractivity contribution in [3.05, 3.63) is 0 Å². The average Bonchev–Trinajstić information content (AvgIpc) is 2.65. The minimum atomic E-state index is -4.12. The van der Waals surface area contributed by atoms with E-state index in [1.807, 2.05) is 19.6 Å². The molecule has 0 aliphatic rings. The summed E-state index contributed by atoms with van der Waals surface area (Å²) < 4.78 is 36.0. The van der Waals surface area contributed by atoms with E-state index in [-0.39, 0.29) is 0 Å². The summed E-state index contributed by atoms with van der Waals surface area (Å²) in [7, 11) is -12.0. The SMILES string of the molecule is CO[Si](C)(C)O[Si](O[SiH](C)O[Si](C)(C)C)([Si](O[Si])([Si]O)[Si]O)[Si](O[Si]O)([Si]O)[Si]O. The predicted molar refractivity (Wildman–Crippen MR) is 129 cm³/mol. The first kappa shape index (κ1) is 32.2. The van der Waals surface area contributed by atoms with Crippen LogP contribution in [-0.2, 0) is 25.0 Å². The van der Waals surface area contributed by atoms with Gasteiger partial charge in [-0.05, 0) is 39.3 Å². The van der Waals surface area contributed by atoms with Crippen LogP contribution in [0.5, 0.6) is 0 Å². The summed E-state index contributed by atoms with van der Waals surface area (Å²) in [4.78, 5) is 51.3. The van der Waals surface area contributed by atoms with Gasteiger partial charge >= 0.3 is 26.2 Å². The molecule has 0 spiro atoms. The van der Waals surface area contributed by atoms with Gasteiger partial charge in [-0.2, -0.15) is 0 Å². The summed E-state index contributed by atoms with van der Waals surface area (Å²) in [6.45, 7) is 3.62. The van der Waals surface area contributed by atoms with Gasteiger partial charge in [0.25, 0.3) is 23.0 Å². The molecule has 0 saturated heterocycles. The van der Waals surface area contributed by atoms with Crippen LogP contribution in [-0.4, -0.2) is 136 Å². The fourth-order valence-electron chi connectivity index (χ4n) is 2.36. The summed E-state index contributed by atoms with van der Waals surface area (Å²) in [5, 5.41) is 0. The van der Waals surface area contributed by atoms with Crippen LogP contribution in [0, 0.1) is 0 Å². The van der Waals surface area contributed by atoms with Crippen LogP contribution in [0.1, 0.15) is 0 Å². The molecule has 0 aliphatic carbocycles. The van der Waals surface area contributed by atoms with Gasteiger partial charge in [0.05, 0.1) is 0 Å². The Hall–Kier alpha value is 2.16. The van der Waals surface area contributed by atoms with Crippen LogP contribution in [0.15, 0.2) is 0 Å². The van der Waals surface area contributed by atoms with Crippen LogP contribution >= 0.6 is 0 Å². The minimum Gasteiger partial charge on any atom is -0.457 e. The Morgan fingerprint density at radius 2 is 1.27 bits per heavy atom. The molecule has 0 fully saturated rings. The van der Waals surface area contributed by atoms with Crippen molar-refractivity contribution in [1.29, 1.82) is 0 Å². The van der Waals surface area contributed by atoms with Crippen LogP contribution < -0.4 is 0 Å². The standard InChI is InChI=1S/C7H27O11Si12/c1-13-27(6,7)18-28(29(14-19,21-9)22-10,17-25(2)16-26(3,4)5)30(23-11,24-12)15-20-8/h8-12,25H,1-7H3. The quantitative estimate of drug-likeness (QED) is 0.106. The van der Waals surface area contributed by atoms with Gasteiger partial charge in [0.1, 0.15) is 0 Å². The van der Waals surface area contributed by atoms with Crippen molar-refractivity contribution >= 4 is 105 Å². The smallest absolute Gasteiger partial charge is 0.418 e. The Labute approximate surface area is 199 Å². The van der Waals surface area contributed by atoms with Gasteiger partial charge in [-0.1, -0.05) is 0 Å². The Kier molecular flexibility index (Phi) is 14.3. The van der Waals surface area contributed by atoms with Crippen LogP contribution in [0.3, 0.4) is 0 Å². The zero-order valence-electron chi connectivity index (χ0n) is 17.8. The number of rotatable bonds is 16. The van der Waals surface area contributed by atoms with Crippen molar-refractivity contribution in [2.75, 3.05) is 7.11 Å². The van der Waals surface area contributed by atoms with Crippen molar-refractivity contribution in [2.24, 2.45) is 0 Å². The molecule has 0 saturated carbocycles. The molecule has 2 unspecified atom stereocenters. The average molecular weight is 624 g/mol. The molecular weight excluding hydrogens is 597 g/mol. The highest BCUT2D eigenvalue weighted by molar-refractivity contribution is 7.96. The Bertz CT molecular complexity index is 493. The van der Waals surface area contributed by atoms with E-state index >= 15 is 0 Å². The summed E-state index contributed by atoms with van der Waals surface area (Å²) in [6, 6.07) is 0. The lowest BCUT2D eigenvalue weighted by Gasteiger charge is -2.52. The fourth-order valence-corrected chi connectivity index (χ4v) is 104. The highest BCUT2D eigenvalue weighted by Gasteiger charge is 2.77. The van der Waals surface area contributed by atoms with Gasteiger partial charge < -0.3 is 49.0 Å². The molecule has 0 bridgehead atoms. The molecule has 11 nitrogen and oxygen atoms in total. The van der Waals surface area contributed by atoms with Crippen LogP contribution in [0.25, 0.3) is 0 Å². The largest absolute Gasteiger partial charge is 0.457 e. The van der Waals surface area contributed by atoms with Crippen molar-refractivity contribution in [1.82, 2.24) is 0 Å². The van der Waals surface area contributed by atoms with Gasteiger partial charge in [0.15, 0.2) is 8.32 Å². The molecular formula is C7H27O11Si12. The molecule has 0 rings (SSSR count). The second-order valence-corrected chi connectivity index (χ2v) is 55.1. The monoisotopic (exact) mass is 623 g/mol. The number of hydrogen-bond acceptors (Lipinski definition) is 11. The van der Waals surface area contributed by atoms with E-state index in [1.54, 1.807) is 19.6 Å². The predicted octanol–water partition coefficient (Wildman–Crippen LogP) is -4.36. The molecule has 23 heteroatoms. The maximum Gasteiger partial charge on any atom is 0.418 e. The van der Waals surface area contributed by atoms with E-state index < -0.39 is 94.6 Å². The van der Waals surface area contributed by atoms with Crippen LogP contribution in [0.4, 0.5) is 0 Å². The van der Waals surface area contributed by atoms with E-state index in [0.29, 0.717) is 0 Å². The zero-order chi connectivity index (χ0) is 23.9. The third kappa shape index (κ3) is 7.58. The molecule has 0 amide bonds. The van der Waals surface area contributed by atoms with E-state index in [9.17, 15) is 24.0 Å². The summed E-state index contributed by atoms with van der Waals surface area (Å²) >= 11 is 0. The molecule has 0 heterocycles. The lowest BCUT2D eigenvalue weighted by atomic mass is 11.8. The molecule has 0 aromatic rings. The topological polar surface area (TPSA) is 157 Å². The Morgan fingerprint density at radius 3 is 1.57 bits per heavy atom. The molecule has 0 aromatic carbocycles. The molecule has 13 radical (unpaired) electrons. The van der Waals surface area contributed by atoms with Gasteiger partial charge in [-0.25, -0.2) is 0 Å². The third-order valence-corrected chi connectivity index (χ3v) is 74.5. The van der Waals surface area contributed by atoms with E-state index in [2.05, 4.69) is 10.5 Å². The van der Waals surface area contributed by atoms with Crippen LogP contribution in [0.2, 0.25) is 39.3 Å². The Morgan fingerprint density at radius 1 is 0.800 bits per heavy atom.